The van der Waals surface area contributed by atoms with Gasteiger partial charge in [-0.15, -0.1) is 0 Å². The van der Waals surface area contributed by atoms with E-state index in [4.69, 9.17) is 0 Å². The molecule has 3 aromatic carbocycles. The first-order chi connectivity index (χ1) is 15.5. The average molecular weight is 432 g/mol. The van der Waals surface area contributed by atoms with Gasteiger partial charge < -0.3 is 20.9 Å². The minimum absolute atomic E-state index is 0.141. The fraction of sp³-hybridized carbons (Fsp3) is 0.125. The molecule has 3 N–H and O–H groups in total. The Balaban J connectivity index is 1.32. The van der Waals surface area contributed by atoms with Crippen molar-refractivity contribution in [3.05, 3.63) is 89.7 Å². The zero-order valence-corrected chi connectivity index (χ0v) is 17.1. The van der Waals surface area contributed by atoms with E-state index in [2.05, 4.69) is 16.0 Å². The summed E-state index contributed by atoms with van der Waals surface area (Å²) in [7, 11) is 0. The van der Waals surface area contributed by atoms with Crippen LogP contribution in [-0.2, 0) is 11.2 Å². The fourth-order valence-electron chi connectivity index (χ4n) is 3.51. The van der Waals surface area contributed by atoms with E-state index in [0.717, 1.165) is 17.7 Å². The van der Waals surface area contributed by atoms with Gasteiger partial charge in [-0.1, -0.05) is 24.3 Å². The molecule has 0 aromatic heterocycles. The molecule has 0 fully saturated rings. The Bertz CT molecular complexity index is 1160. The van der Waals surface area contributed by atoms with Crippen molar-refractivity contribution >= 4 is 34.9 Å². The van der Waals surface area contributed by atoms with E-state index in [-0.39, 0.29) is 12.5 Å². The number of benzene rings is 3. The van der Waals surface area contributed by atoms with Crippen LogP contribution in [0.2, 0.25) is 0 Å². The largest absolute Gasteiger partial charge is 0.329 e. The molecule has 0 saturated heterocycles. The highest BCUT2D eigenvalue weighted by Crippen LogP contribution is 2.29. The lowest BCUT2D eigenvalue weighted by atomic mass is 10.1. The van der Waals surface area contributed by atoms with Crippen LogP contribution in [0.3, 0.4) is 0 Å². The normalized spacial score (nSPS) is 12.1. The molecule has 7 nitrogen and oxygen atoms in total. The number of rotatable bonds is 5. The van der Waals surface area contributed by atoms with Gasteiger partial charge in [0.1, 0.15) is 5.82 Å². The number of halogens is 1. The Morgan fingerprint density at radius 1 is 0.875 bits per heavy atom. The van der Waals surface area contributed by atoms with Crippen LogP contribution in [0.5, 0.6) is 0 Å². The number of amides is 4. The topological polar surface area (TPSA) is 90.5 Å². The van der Waals surface area contributed by atoms with Crippen LogP contribution in [0.25, 0.3) is 0 Å². The molecule has 3 aromatic rings. The molecule has 0 unspecified atom stereocenters. The monoisotopic (exact) mass is 432 g/mol. The number of urea groups is 1. The third-order valence-electron chi connectivity index (χ3n) is 5.04. The number of anilines is 3. The lowest BCUT2D eigenvalue weighted by Gasteiger charge is -2.18. The van der Waals surface area contributed by atoms with E-state index in [1.165, 1.54) is 24.3 Å². The lowest BCUT2D eigenvalue weighted by molar-refractivity contribution is -0.115. The number of hydrogen-bond donors (Lipinski definition) is 3. The summed E-state index contributed by atoms with van der Waals surface area (Å²) in [5.41, 5.74) is 3.34. The van der Waals surface area contributed by atoms with Crippen molar-refractivity contribution in [1.82, 2.24) is 5.32 Å². The number of carbonyl (C=O) groups is 3. The van der Waals surface area contributed by atoms with Gasteiger partial charge in [-0.05, 0) is 60.5 Å². The molecule has 1 aliphatic heterocycles. The van der Waals surface area contributed by atoms with Crippen molar-refractivity contribution in [2.75, 3.05) is 28.6 Å². The van der Waals surface area contributed by atoms with E-state index in [0.29, 0.717) is 23.5 Å². The molecule has 162 valence electrons. The van der Waals surface area contributed by atoms with Crippen LogP contribution in [0.15, 0.2) is 72.8 Å². The smallest absolute Gasteiger partial charge is 0.319 e. The Morgan fingerprint density at radius 3 is 2.47 bits per heavy atom. The Hall–Kier alpha value is -4.20. The van der Waals surface area contributed by atoms with E-state index < -0.39 is 17.8 Å². The number of carbonyl (C=O) groups excluding carboxylic acids is 3. The van der Waals surface area contributed by atoms with Gasteiger partial charge in [0.05, 0.1) is 6.54 Å². The second kappa shape index (κ2) is 9.30. The van der Waals surface area contributed by atoms with Crippen molar-refractivity contribution in [3.63, 3.8) is 0 Å². The minimum atomic E-state index is -0.588. The highest BCUT2D eigenvalue weighted by atomic mass is 19.1. The van der Waals surface area contributed by atoms with Crippen LogP contribution < -0.4 is 20.9 Å². The Kier molecular flexibility index (Phi) is 6.12. The van der Waals surface area contributed by atoms with Crippen molar-refractivity contribution < 1.29 is 18.8 Å². The van der Waals surface area contributed by atoms with E-state index in [1.54, 1.807) is 29.2 Å². The molecule has 0 atom stereocenters. The number of nitrogens with one attached hydrogen (secondary N) is 3. The maximum atomic E-state index is 13.0. The van der Waals surface area contributed by atoms with Crippen LogP contribution in [-0.4, -0.2) is 30.9 Å². The molecule has 0 saturated carbocycles. The minimum Gasteiger partial charge on any atom is -0.329 e. The van der Waals surface area contributed by atoms with Gasteiger partial charge in [0.2, 0.25) is 5.91 Å². The average Bonchev–Trinajstić information content (AvgIpc) is 3.23. The van der Waals surface area contributed by atoms with Gasteiger partial charge in [-0.2, -0.15) is 0 Å². The van der Waals surface area contributed by atoms with Gasteiger partial charge in [0, 0.05) is 29.2 Å². The fourth-order valence-corrected chi connectivity index (χ4v) is 3.51. The third kappa shape index (κ3) is 4.92. The summed E-state index contributed by atoms with van der Waals surface area (Å²) in [5, 5.41) is 7.62. The van der Waals surface area contributed by atoms with Gasteiger partial charge >= 0.3 is 6.03 Å². The van der Waals surface area contributed by atoms with Crippen molar-refractivity contribution in [2.45, 2.75) is 6.42 Å². The first-order valence-electron chi connectivity index (χ1n) is 10.1. The molecule has 0 spiro atoms. The summed E-state index contributed by atoms with van der Waals surface area (Å²) < 4.78 is 12.9. The van der Waals surface area contributed by atoms with E-state index in [1.807, 2.05) is 24.3 Å². The summed E-state index contributed by atoms with van der Waals surface area (Å²) in [4.78, 5) is 38.8. The third-order valence-corrected chi connectivity index (χ3v) is 5.04. The van der Waals surface area contributed by atoms with Gasteiger partial charge in [0.25, 0.3) is 5.91 Å². The first kappa shape index (κ1) is 21.0. The van der Waals surface area contributed by atoms with Crippen LogP contribution >= 0.6 is 0 Å². The number of nitrogens with zero attached hydrogens (tertiary/aromatic N) is 1. The highest BCUT2D eigenvalue weighted by molar-refractivity contribution is 6.08. The molecule has 4 amide bonds. The molecule has 0 bridgehead atoms. The number of fused-ring (bicyclic) bond motifs is 1. The first-order valence-corrected chi connectivity index (χ1v) is 10.1. The maximum absolute atomic E-state index is 13.0. The second-order valence-electron chi connectivity index (χ2n) is 7.28. The maximum Gasteiger partial charge on any atom is 0.319 e. The molecule has 0 aliphatic carbocycles. The summed E-state index contributed by atoms with van der Waals surface area (Å²) in [6, 6.07) is 19.1. The molecule has 32 heavy (non-hydrogen) atoms. The van der Waals surface area contributed by atoms with Crippen molar-refractivity contribution in [3.8, 4) is 0 Å². The molecule has 1 heterocycles. The molecular weight excluding hydrogens is 411 g/mol. The lowest BCUT2D eigenvalue weighted by Crippen LogP contribution is -2.35. The van der Waals surface area contributed by atoms with Crippen molar-refractivity contribution in [1.29, 1.82) is 0 Å². The quantitative estimate of drug-likeness (QED) is 0.573. The zero-order valence-electron chi connectivity index (χ0n) is 17.1. The van der Waals surface area contributed by atoms with Crippen LogP contribution in [0.1, 0.15) is 15.9 Å². The molecular formula is C24H21FN4O3. The van der Waals surface area contributed by atoms with Crippen LogP contribution in [0, 0.1) is 5.82 Å². The van der Waals surface area contributed by atoms with Crippen LogP contribution in [0.4, 0.5) is 26.2 Å². The summed E-state index contributed by atoms with van der Waals surface area (Å²) >= 11 is 0. The molecule has 1 aliphatic rings. The number of para-hydroxylation sites is 1. The zero-order chi connectivity index (χ0) is 22.5. The predicted octanol–water partition coefficient (Wildman–Crippen LogP) is 3.79. The Labute approximate surface area is 184 Å². The van der Waals surface area contributed by atoms with E-state index in [9.17, 15) is 18.8 Å². The van der Waals surface area contributed by atoms with Gasteiger partial charge in [-0.25, -0.2) is 9.18 Å². The molecule has 8 heteroatoms. The van der Waals surface area contributed by atoms with Gasteiger partial charge in [-0.3, -0.25) is 9.59 Å². The predicted molar refractivity (Wildman–Crippen MR) is 120 cm³/mol. The van der Waals surface area contributed by atoms with E-state index >= 15 is 0 Å². The summed E-state index contributed by atoms with van der Waals surface area (Å²) in [5.74, 6) is -1.00. The molecule has 4 rings (SSSR count). The summed E-state index contributed by atoms with van der Waals surface area (Å²) in [6.07, 6.45) is 0.808. The van der Waals surface area contributed by atoms with Crippen molar-refractivity contribution in [2.24, 2.45) is 0 Å². The number of hydrogen-bond acceptors (Lipinski definition) is 3. The SMILES string of the molecule is O=C(CNC(=O)Nc1cccc(C(=O)N2CCc3ccccc32)c1)Nc1ccc(F)cc1. The molecule has 0 radical (unpaired) electrons. The van der Waals surface area contributed by atoms with Gasteiger partial charge in [0.15, 0.2) is 0 Å². The summed E-state index contributed by atoms with van der Waals surface area (Å²) in [6.45, 7) is 0.339. The Morgan fingerprint density at radius 2 is 1.66 bits per heavy atom. The highest BCUT2D eigenvalue weighted by Gasteiger charge is 2.25. The standard InChI is InChI=1S/C24H21FN4O3/c25-18-8-10-19(11-9-18)27-22(30)15-26-24(32)28-20-6-3-5-17(14-20)23(31)29-13-12-16-4-1-2-7-21(16)29/h1-11,14H,12-13,15H2,(H,27,30)(H2,26,28,32). The second-order valence-corrected chi connectivity index (χ2v) is 7.28.